The van der Waals surface area contributed by atoms with Crippen LogP contribution in [0.5, 0.6) is 0 Å². The summed E-state index contributed by atoms with van der Waals surface area (Å²) in [7, 11) is 0. The van der Waals surface area contributed by atoms with Crippen molar-refractivity contribution in [2.75, 3.05) is 13.1 Å². The van der Waals surface area contributed by atoms with Crippen LogP contribution in [-0.4, -0.2) is 23.2 Å². The minimum absolute atomic E-state index is 0.929. The summed E-state index contributed by atoms with van der Waals surface area (Å²) >= 11 is 3.66. The molecule has 2 aliphatic heterocycles. The van der Waals surface area contributed by atoms with Crippen LogP contribution in [0.15, 0.2) is 33.5 Å². The van der Waals surface area contributed by atoms with E-state index in [0.29, 0.717) is 0 Å². The van der Waals surface area contributed by atoms with Crippen LogP contribution >= 0.6 is 23.1 Å². The summed E-state index contributed by atoms with van der Waals surface area (Å²) in [6.45, 7) is 6.35. The number of amidine groups is 1. The summed E-state index contributed by atoms with van der Waals surface area (Å²) in [5.41, 5.74) is 4.10. The summed E-state index contributed by atoms with van der Waals surface area (Å²) in [4.78, 5) is 8.33. The fourth-order valence-corrected chi connectivity index (χ4v) is 4.85. The van der Waals surface area contributed by atoms with Gasteiger partial charge in [0.15, 0.2) is 5.17 Å². The largest absolute Gasteiger partial charge is 0.318 e. The number of nitrogens with zero attached hydrogens (tertiary/aromatic N) is 2. The summed E-state index contributed by atoms with van der Waals surface area (Å²) in [5.74, 6) is 0. The molecule has 4 rings (SSSR count). The maximum atomic E-state index is 4.58. The Bertz CT molecular complexity index is 740. The van der Waals surface area contributed by atoms with Crippen molar-refractivity contribution in [2.24, 2.45) is 4.99 Å². The average Bonchev–Trinajstić information content (AvgIpc) is 3.05. The van der Waals surface area contributed by atoms with Crippen LogP contribution in [0.1, 0.15) is 18.1 Å². The smallest absolute Gasteiger partial charge is 0.168 e. The molecular formula is C15H14N2S2. The topological polar surface area (TPSA) is 15.6 Å². The van der Waals surface area contributed by atoms with E-state index in [0.717, 1.165) is 13.1 Å². The molecule has 0 N–H and O–H groups in total. The first-order valence-electron chi connectivity index (χ1n) is 6.43. The van der Waals surface area contributed by atoms with Gasteiger partial charge >= 0.3 is 0 Å². The number of aliphatic imine (C=N–C) groups is 1. The molecule has 4 heteroatoms. The zero-order valence-corrected chi connectivity index (χ0v) is 12.6. The SMILES string of the molecule is CC1=C(c2ccc(C)c3ccsc23)N2CCN=C2S1. The number of hydrogen-bond donors (Lipinski definition) is 0. The lowest BCUT2D eigenvalue weighted by Crippen LogP contribution is -2.20. The van der Waals surface area contributed by atoms with Gasteiger partial charge in [0.05, 0.1) is 12.2 Å². The van der Waals surface area contributed by atoms with Gasteiger partial charge in [0, 0.05) is 21.7 Å². The van der Waals surface area contributed by atoms with E-state index in [1.807, 2.05) is 23.1 Å². The lowest BCUT2D eigenvalue weighted by molar-refractivity contribution is 0.648. The molecule has 1 aromatic carbocycles. The van der Waals surface area contributed by atoms with Gasteiger partial charge in [-0.05, 0) is 36.2 Å². The molecule has 0 atom stereocenters. The molecule has 0 fully saturated rings. The second kappa shape index (κ2) is 4.12. The first-order chi connectivity index (χ1) is 9.25. The van der Waals surface area contributed by atoms with Gasteiger partial charge in [0.25, 0.3) is 0 Å². The molecule has 0 unspecified atom stereocenters. The summed E-state index contributed by atoms with van der Waals surface area (Å²) < 4.78 is 1.41. The molecule has 2 aromatic rings. The van der Waals surface area contributed by atoms with E-state index < -0.39 is 0 Å². The predicted octanol–water partition coefficient (Wildman–Crippen LogP) is 4.32. The van der Waals surface area contributed by atoms with Crippen molar-refractivity contribution < 1.29 is 0 Å². The Morgan fingerprint density at radius 2 is 2.11 bits per heavy atom. The number of fused-ring (bicyclic) bond motifs is 2. The maximum Gasteiger partial charge on any atom is 0.168 e. The first kappa shape index (κ1) is 11.6. The molecule has 0 saturated carbocycles. The summed E-state index contributed by atoms with van der Waals surface area (Å²) in [6, 6.07) is 6.74. The zero-order valence-electron chi connectivity index (χ0n) is 10.9. The van der Waals surface area contributed by atoms with Crippen molar-refractivity contribution in [1.29, 1.82) is 0 Å². The molecule has 0 saturated heterocycles. The van der Waals surface area contributed by atoms with E-state index in [2.05, 4.69) is 47.3 Å². The van der Waals surface area contributed by atoms with Crippen LogP contribution in [-0.2, 0) is 0 Å². The standard InChI is InChI=1S/C15H14N2S2/c1-9-3-4-12(14-11(9)5-8-18-14)13-10(2)19-15-16-6-7-17(13)15/h3-5,8H,6-7H2,1-2H3. The number of benzene rings is 1. The highest BCUT2D eigenvalue weighted by molar-refractivity contribution is 8.17. The van der Waals surface area contributed by atoms with E-state index in [-0.39, 0.29) is 0 Å². The molecule has 0 amide bonds. The van der Waals surface area contributed by atoms with E-state index in [1.165, 1.54) is 37.0 Å². The monoisotopic (exact) mass is 286 g/mol. The van der Waals surface area contributed by atoms with E-state index >= 15 is 0 Å². The van der Waals surface area contributed by atoms with Gasteiger partial charge in [-0.1, -0.05) is 23.9 Å². The van der Waals surface area contributed by atoms with E-state index in [4.69, 9.17) is 0 Å². The van der Waals surface area contributed by atoms with Gasteiger partial charge in [0.1, 0.15) is 0 Å². The Labute approximate surface area is 120 Å². The highest BCUT2D eigenvalue weighted by Crippen LogP contribution is 2.44. The third-order valence-corrected chi connectivity index (χ3v) is 5.72. The molecule has 0 bridgehead atoms. The van der Waals surface area contributed by atoms with Crippen molar-refractivity contribution in [3.8, 4) is 0 Å². The fraction of sp³-hybridized carbons (Fsp3) is 0.267. The second-order valence-electron chi connectivity index (χ2n) is 4.92. The number of hydrogen-bond acceptors (Lipinski definition) is 4. The molecule has 19 heavy (non-hydrogen) atoms. The number of rotatable bonds is 1. The summed E-state index contributed by atoms with van der Waals surface area (Å²) in [5, 5.41) is 4.76. The van der Waals surface area contributed by atoms with Crippen molar-refractivity contribution in [3.63, 3.8) is 0 Å². The van der Waals surface area contributed by atoms with Crippen LogP contribution in [0.2, 0.25) is 0 Å². The van der Waals surface area contributed by atoms with Gasteiger partial charge in [0.2, 0.25) is 0 Å². The lowest BCUT2D eigenvalue weighted by Gasteiger charge is -2.18. The molecule has 0 radical (unpaired) electrons. The highest BCUT2D eigenvalue weighted by Gasteiger charge is 2.31. The Morgan fingerprint density at radius 3 is 3.00 bits per heavy atom. The molecular weight excluding hydrogens is 272 g/mol. The minimum atomic E-state index is 0.929. The number of thioether (sulfide) groups is 1. The Balaban J connectivity index is 1.96. The van der Waals surface area contributed by atoms with Gasteiger partial charge < -0.3 is 4.90 Å². The van der Waals surface area contributed by atoms with Crippen molar-refractivity contribution >= 4 is 44.0 Å². The van der Waals surface area contributed by atoms with Crippen LogP contribution in [0.3, 0.4) is 0 Å². The second-order valence-corrected chi connectivity index (χ2v) is 7.01. The molecule has 0 aliphatic carbocycles. The van der Waals surface area contributed by atoms with Gasteiger partial charge in [-0.3, -0.25) is 4.99 Å². The average molecular weight is 286 g/mol. The molecule has 2 nitrogen and oxygen atoms in total. The normalized spacial score (nSPS) is 18.4. The fourth-order valence-electron chi connectivity index (χ4n) is 2.82. The Morgan fingerprint density at radius 1 is 1.21 bits per heavy atom. The predicted molar refractivity (Wildman–Crippen MR) is 85.8 cm³/mol. The van der Waals surface area contributed by atoms with Crippen molar-refractivity contribution in [2.45, 2.75) is 13.8 Å². The van der Waals surface area contributed by atoms with E-state index in [9.17, 15) is 0 Å². The molecule has 2 aliphatic rings. The van der Waals surface area contributed by atoms with Crippen LogP contribution in [0.25, 0.3) is 15.8 Å². The van der Waals surface area contributed by atoms with Gasteiger partial charge in [-0.2, -0.15) is 0 Å². The zero-order chi connectivity index (χ0) is 13.0. The lowest BCUT2D eigenvalue weighted by atomic mass is 10.0. The Kier molecular flexibility index (Phi) is 2.50. The van der Waals surface area contributed by atoms with Crippen LogP contribution in [0, 0.1) is 6.92 Å². The first-order valence-corrected chi connectivity index (χ1v) is 8.13. The van der Waals surface area contributed by atoms with Gasteiger partial charge in [-0.15, -0.1) is 11.3 Å². The van der Waals surface area contributed by atoms with Crippen molar-refractivity contribution in [1.82, 2.24) is 4.90 Å². The quantitative estimate of drug-likeness (QED) is 0.776. The van der Waals surface area contributed by atoms with Crippen LogP contribution < -0.4 is 0 Å². The third-order valence-electron chi connectivity index (χ3n) is 3.74. The van der Waals surface area contributed by atoms with E-state index in [1.54, 1.807) is 0 Å². The molecule has 3 heterocycles. The number of aryl methyl sites for hydroxylation is 1. The van der Waals surface area contributed by atoms with Gasteiger partial charge in [-0.25, -0.2) is 0 Å². The molecule has 96 valence electrons. The number of allylic oxidation sites excluding steroid dienone is 1. The maximum absolute atomic E-state index is 4.58. The molecule has 0 spiro atoms. The summed E-state index contributed by atoms with van der Waals surface area (Å²) in [6.07, 6.45) is 0. The third kappa shape index (κ3) is 1.60. The van der Waals surface area contributed by atoms with Crippen molar-refractivity contribution in [3.05, 3.63) is 39.6 Å². The highest BCUT2D eigenvalue weighted by atomic mass is 32.2. The molecule has 1 aromatic heterocycles. The number of thiophene rings is 1. The minimum Gasteiger partial charge on any atom is -0.318 e. The van der Waals surface area contributed by atoms with Crippen LogP contribution in [0.4, 0.5) is 0 Å². The Hall–Kier alpha value is -1.26.